The van der Waals surface area contributed by atoms with Crippen molar-refractivity contribution >= 4 is 16.7 Å². The Bertz CT molecular complexity index is 1300. The second kappa shape index (κ2) is 10.2. The van der Waals surface area contributed by atoms with Crippen LogP contribution in [-0.4, -0.2) is 39.8 Å². The summed E-state index contributed by atoms with van der Waals surface area (Å²) < 4.78 is 39.1. The Labute approximate surface area is 214 Å². The molecule has 1 aromatic heterocycles. The standard InChI is InChI=1S/C28H32FN3O3S/c1-5-20-13-30-28(31-14-20)32-10-8-21(9-11-32)15-34-24-7-6-22(12-23(24)29)25-17(2)18(3)27-26(19(25)4)35-16-36(27)33/h6-7,12-14,21H,5,8-11,15-16H2,1-4H3/t36-/m1/s1. The number of aryl methyl sites for hydroxylation is 1. The Balaban J connectivity index is 1.24. The Morgan fingerprint density at radius 1 is 1.11 bits per heavy atom. The number of ether oxygens (including phenoxy) is 2. The second-order valence-electron chi connectivity index (χ2n) is 9.65. The zero-order valence-corrected chi connectivity index (χ0v) is 22.1. The Kier molecular flexibility index (Phi) is 6.97. The first-order chi connectivity index (χ1) is 17.4. The Morgan fingerprint density at radius 3 is 2.50 bits per heavy atom. The molecule has 8 heteroatoms. The molecule has 36 heavy (non-hydrogen) atoms. The normalized spacial score (nSPS) is 17.7. The summed E-state index contributed by atoms with van der Waals surface area (Å²) in [5, 5.41) is 0. The molecule has 0 aliphatic carbocycles. The summed E-state index contributed by atoms with van der Waals surface area (Å²) in [4.78, 5) is 11.9. The molecule has 1 atom stereocenters. The van der Waals surface area contributed by atoms with Gasteiger partial charge in [0.2, 0.25) is 5.95 Å². The number of aromatic nitrogens is 2. The summed E-state index contributed by atoms with van der Waals surface area (Å²) in [5.74, 6) is 1.87. The molecule has 6 nitrogen and oxygen atoms in total. The Morgan fingerprint density at radius 2 is 1.83 bits per heavy atom. The molecule has 2 aliphatic rings. The molecule has 0 N–H and O–H groups in total. The molecular weight excluding hydrogens is 477 g/mol. The summed E-state index contributed by atoms with van der Waals surface area (Å²) in [7, 11) is -1.15. The molecule has 3 heterocycles. The second-order valence-corrected chi connectivity index (χ2v) is 11.0. The van der Waals surface area contributed by atoms with Crippen LogP contribution in [0.5, 0.6) is 11.5 Å². The first-order valence-corrected chi connectivity index (χ1v) is 13.8. The van der Waals surface area contributed by atoms with E-state index in [1.165, 1.54) is 6.07 Å². The highest BCUT2D eigenvalue weighted by atomic mass is 32.2. The zero-order valence-electron chi connectivity index (χ0n) is 21.3. The first-order valence-electron chi connectivity index (χ1n) is 12.5. The van der Waals surface area contributed by atoms with E-state index in [1.54, 1.807) is 6.07 Å². The van der Waals surface area contributed by atoms with Gasteiger partial charge in [0.05, 0.1) is 22.3 Å². The molecule has 0 saturated carbocycles. The van der Waals surface area contributed by atoms with Crippen LogP contribution in [-0.2, 0) is 17.2 Å². The first kappa shape index (κ1) is 24.7. The summed E-state index contributed by atoms with van der Waals surface area (Å²) >= 11 is 0. The fourth-order valence-corrected chi connectivity index (χ4v) is 6.38. The van der Waals surface area contributed by atoms with E-state index in [0.29, 0.717) is 18.3 Å². The van der Waals surface area contributed by atoms with Gasteiger partial charge in [-0.2, -0.15) is 0 Å². The molecule has 0 amide bonds. The fraction of sp³-hybridized carbons (Fsp3) is 0.429. The van der Waals surface area contributed by atoms with Crippen LogP contribution in [0.15, 0.2) is 35.5 Å². The average molecular weight is 510 g/mol. The van der Waals surface area contributed by atoms with Crippen LogP contribution in [0.4, 0.5) is 10.3 Å². The third-order valence-electron chi connectivity index (χ3n) is 7.43. The lowest BCUT2D eigenvalue weighted by molar-refractivity contribution is 0.215. The minimum atomic E-state index is -1.15. The van der Waals surface area contributed by atoms with E-state index in [0.717, 1.165) is 76.6 Å². The highest BCUT2D eigenvalue weighted by molar-refractivity contribution is 7.85. The van der Waals surface area contributed by atoms with Gasteiger partial charge in [-0.05, 0) is 85.9 Å². The van der Waals surface area contributed by atoms with Gasteiger partial charge in [0.25, 0.3) is 0 Å². The van der Waals surface area contributed by atoms with E-state index in [2.05, 4.69) is 21.8 Å². The number of nitrogens with zero attached hydrogens (tertiary/aromatic N) is 3. The topological polar surface area (TPSA) is 64.6 Å². The number of fused-ring (bicyclic) bond motifs is 1. The number of hydrogen-bond acceptors (Lipinski definition) is 6. The molecule has 2 aliphatic heterocycles. The monoisotopic (exact) mass is 509 g/mol. The number of benzene rings is 2. The van der Waals surface area contributed by atoms with Gasteiger partial charge in [0.15, 0.2) is 17.5 Å². The van der Waals surface area contributed by atoms with E-state index in [4.69, 9.17) is 9.47 Å². The van der Waals surface area contributed by atoms with E-state index < -0.39 is 10.8 Å². The largest absolute Gasteiger partial charge is 0.490 e. The third kappa shape index (κ3) is 4.59. The molecule has 190 valence electrons. The number of anilines is 1. The summed E-state index contributed by atoms with van der Waals surface area (Å²) in [5.41, 5.74) is 5.67. The van der Waals surface area contributed by atoms with Gasteiger partial charge in [-0.1, -0.05) is 13.0 Å². The summed E-state index contributed by atoms with van der Waals surface area (Å²) in [6.07, 6.45) is 6.62. The van der Waals surface area contributed by atoms with Gasteiger partial charge >= 0.3 is 0 Å². The van der Waals surface area contributed by atoms with Crippen LogP contribution in [0.25, 0.3) is 11.1 Å². The van der Waals surface area contributed by atoms with E-state index in [1.807, 2.05) is 39.2 Å². The lowest BCUT2D eigenvalue weighted by Crippen LogP contribution is -2.36. The van der Waals surface area contributed by atoms with Gasteiger partial charge < -0.3 is 14.4 Å². The quantitative estimate of drug-likeness (QED) is 0.436. The van der Waals surface area contributed by atoms with Crippen molar-refractivity contribution in [1.82, 2.24) is 9.97 Å². The van der Waals surface area contributed by atoms with E-state index in [9.17, 15) is 4.21 Å². The molecule has 1 fully saturated rings. The predicted octanol–water partition coefficient (Wildman–Crippen LogP) is 5.52. The molecule has 0 bridgehead atoms. The van der Waals surface area contributed by atoms with Crippen LogP contribution in [0.3, 0.4) is 0 Å². The maximum atomic E-state index is 15.1. The summed E-state index contributed by atoms with van der Waals surface area (Å²) in [6.45, 7) is 10.2. The molecule has 0 radical (unpaired) electrons. The van der Waals surface area contributed by atoms with Crippen molar-refractivity contribution in [3.8, 4) is 22.6 Å². The minimum absolute atomic E-state index is 0.179. The van der Waals surface area contributed by atoms with Crippen LogP contribution >= 0.6 is 0 Å². The van der Waals surface area contributed by atoms with Crippen molar-refractivity contribution in [2.75, 3.05) is 30.5 Å². The van der Waals surface area contributed by atoms with Crippen LogP contribution < -0.4 is 14.4 Å². The van der Waals surface area contributed by atoms with E-state index >= 15 is 4.39 Å². The van der Waals surface area contributed by atoms with Crippen molar-refractivity contribution in [3.63, 3.8) is 0 Å². The molecule has 0 spiro atoms. The number of rotatable bonds is 6. The van der Waals surface area contributed by atoms with Gasteiger partial charge in [-0.3, -0.25) is 4.21 Å². The third-order valence-corrected chi connectivity index (χ3v) is 8.71. The highest BCUT2D eigenvalue weighted by Gasteiger charge is 2.29. The van der Waals surface area contributed by atoms with Gasteiger partial charge in [0.1, 0.15) is 5.75 Å². The molecule has 1 saturated heterocycles. The zero-order chi connectivity index (χ0) is 25.4. The van der Waals surface area contributed by atoms with Crippen LogP contribution in [0, 0.1) is 32.5 Å². The van der Waals surface area contributed by atoms with Crippen molar-refractivity contribution in [1.29, 1.82) is 0 Å². The highest BCUT2D eigenvalue weighted by Crippen LogP contribution is 2.43. The minimum Gasteiger partial charge on any atom is -0.490 e. The van der Waals surface area contributed by atoms with Gasteiger partial charge in [-0.25, -0.2) is 14.4 Å². The van der Waals surface area contributed by atoms with Crippen molar-refractivity contribution in [2.24, 2.45) is 5.92 Å². The lowest BCUT2D eigenvalue weighted by atomic mass is 9.91. The Hall–Kier alpha value is -3.00. The molecular formula is C28H32FN3O3S. The SMILES string of the molecule is CCc1cnc(N2CCC(COc3ccc(-c4c(C)c(C)c5c(c4C)OC[S@]5=O)cc3F)CC2)nc1. The van der Waals surface area contributed by atoms with Crippen molar-refractivity contribution < 1.29 is 18.1 Å². The summed E-state index contributed by atoms with van der Waals surface area (Å²) in [6, 6.07) is 5.14. The van der Waals surface area contributed by atoms with Crippen LogP contribution in [0.2, 0.25) is 0 Å². The number of hydrogen-bond donors (Lipinski definition) is 0. The maximum absolute atomic E-state index is 15.1. The number of piperidine rings is 1. The van der Waals surface area contributed by atoms with Crippen LogP contribution in [0.1, 0.15) is 42.0 Å². The van der Waals surface area contributed by atoms with Crippen molar-refractivity contribution in [3.05, 3.63) is 58.7 Å². The molecule has 3 aromatic rings. The number of halogens is 1. The molecule has 2 aromatic carbocycles. The van der Waals surface area contributed by atoms with E-state index in [-0.39, 0.29) is 17.5 Å². The smallest absolute Gasteiger partial charge is 0.225 e. The predicted molar refractivity (Wildman–Crippen MR) is 140 cm³/mol. The lowest BCUT2D eigenvalue weighted by Gasteiger charge is -2.31. The van der Waals surface area contributed by atoms with Gasteiger partial charge in [-0.15, -0.1) is 0 Å². The molecule has 0 unspecified atom stereocenters. The van der Waals surface area contributed by atoms with Crippen molar-refractivity contribution in [2.45, 2.75) is 51.9 Å². The maximum Gasteiger partial charge on any atom is 0.225 e. The molecule has 5 rings (SSSR count). The average Bonchev–Trinajstić information content (AvgIpc) is 3.29. The van der Waals surface area contributed by atoms with Gasteiger partial charge in [0, 0.05) is 31.0 Å². The fourth-order valence-electron chi connectivity index (χ4n) is 5.12.